The Labute approximate surface area is 139 Å². The summed E-state index contributed by atoms with van der Waals surface area (Å²) in [6, 6.07) is 24.8. The second-order valence-corrected chi connectivity index (χ2v) is 4.96. The molecule has 0 spiro atoms. The van der Waals surface area contributed by atoms with Gasteiger partial charge in [-0.05, 0) is 36.4 Å². The second-order valence-electron chi connectivity index (χ2n) is 4.96. The van der Waals surface area contributed by atoms with Crippen LogP contribution in [-0.4, -0.2) is 5.84 Å². The summed E-state index contributed by atoms with van der Waals surface area (Å²) >= 11 is 0. The van der Waals surface area contributed by atoms with E-state index in [9.17, 15) is 4.39 Å². The van der Waals surface area contributed by atoms with Gasteiger partial charge in [0.05, 0.1) is 11.4 Å². The van der Waals surface area contributed by atoms with Crippen LogP contribution in [0.4, 0.5) is 15.8 Å². The van der Waals surface area contributed by atoms with Crippen LogP contribution in [0.15, 0.2) is 100 Å². The van der Waals surface area contributed by atoms with Gasteiger partial charge in [0.1, 0.15) is 5.82 Å². The Bertz CT molecular complexity index is 846. The van der Waals surface area contributed by atoms with Crippen molar-refractivity contribution in [3.05, 3.63) is 96.3 Å². The zero-order valence-electron chi connectivity index (χ0n) is 12.8. The normalized spacial score (nSPS) is 11.6. The zero-order valence-corrected chi connectivity index (χ0v) is 12.8. The summed E-state index contributed by atoms with van der Waals surface area (Å²) in [5, 5.41) is 12.6. The minimum atomic E-state index is -0.352. The van der Waals surface area contributed by atoms with Gasteiger partial charge in [0.15, 0.2) is 0 Å². The minimum absolute atomic E-state index is 0.294. The van der Waals surface area contributed by atoms with Crippen LogP contribution >= 0.6 is 0 Å². The molecule has 118 valence electrons. The van der Waals surface area contributed by atoms with E-state index in [-0.39, 0.29) is 5.82 Å². The van der Waals surface area contributed by atoms with Crippen molar-refractivity contribution < 1.29 is 4.39 Å². The standard InChI is InChI=1S/C19H15FN4/c20-16-9-7-8-15(14-16)19(23-21-17-10-3-1-4-11-17)24-22-18-12-5-2-6-13-18/h1-14,21H. The van der Waals surface area contributed by atoms with Crippen LogP contribution in [0.5, 0.6) is 0 Å². The van der Waals surface area contributed by atoms with E-state index < -0.39 is 0 Å². The molecule has 0 aliphatic carbocycles. The third kappa shape index (κ3) is 4.33. The molecule has 1 N–H and O–H groups in total. The summed E-state index contributed by atoms with van der Waals surface area (Å²) in [6.07, 6.45) is 0. The van der Waals surface area contributed by atoms with Crippen molar-refractivity contribution in [2.45, 2.75) is 0 Å². The molecule has 0 atom stereocenters. The monoisotopic (exact) mass is 318 g/mol. The van der Waals surface area contributed by atoms with E-state index in [0.29, 0.717) is 17.1 Å². The third-order valence-corrected chi connectivity index (χ3v) is 3.16. The first kappa shape index (κ1) is 15.6. The van der Waals surface area contributed by atoms with E-state index in [2.05, 4.69) is 20.8 Å². The lowest BCUT2D eigenvalue weighted by Gasteiger charge is -2.03. The number of amidine groups is 1. The van der Waals surface area contributed by atoms with Gasteiger partial charge in [-0.25, -0.2) is 4.39 Å². The maximum Gasteiger partial charge on any atom is 0.201 e. The Morgan fingerprint density at radius 3 is 2.21 bits per heavy atom. The summed E-state index contributed by atoms with van der Waals surface area (Å²) < 4.78 is 13.5. The van der Waals surface area contributed by atoms with Crippen LogP contribution in [0.3, 0.4) is 0 Å². The molecule has 0 amide bonds. The Morgan fingerprint density at radius 1 is 0.792 bits per heavy atom. The molecule has 4 nitrogen and oxygen atoms in total. The molecule has 24 heavy (non-hydrogen) atoms. The maximum absolute atomic E-state index is 13.5. The zero-order chi connectivity index (χ0) is 16.6. The highest BCUT2D eigenvalue weighted by molar-refractivity contribution is 5.99. The van der Waals surface area contributed by atoms with E-state index in [1.54, 1.807) is 12.1 Å². The number of benzene rings is 3. The fourth-order valence-electron chi connectivity index (χ4n) is 2.00. The average Bonchev–Trinajstić information content (AvgIpc) is 2.63. The van der Waals surface area contributed by atoms with Crippen LogP contribution in [0.25, 0.3) is 0 Å². The Hall–Kier alpha value is -3.34. The third-order valence-electron chi connectivity index (χ3n) is 3.16. The Kier molecular flexibility index (Phi) is 5.04. The fraction of sp³-hybridized carbons (Fsp3) is 0. The highest BCUT2D eigenvalue weighted by Gasteiger charge is 2.04. The van der Waals surface area contributed by atoms with Crippen molar-refractivity contribution in [1.82, 2.24) is 0 Å². The molecule has 5 heteroatoms. The van der Waals surface area contributed by atoms with Crippen molar-refractivity contribution >= 4 is 17.2 Å². The first-order valence-electron chi connectivity index (χ1n) is 7.43. The molecule has 0 aliphatic rings. The molecular weight excluding hydrogens is 303 g/mol. The Morgan fingerprint density at radius 2 is 1.50 bits per heavy atom. The van der Waals surface area contributed by atoms with E-state index in [0.717, 1.165) is 5.69 Å². The maximum atomic E-state index is 13.5. The van der Waals surface area contributed by atoms with Gasteiger partial charge in [0, 0.05) is 5.56 Å². The highest BCUT2D eigenvalue weighted by atomic mass is 19.1. The largest absolute Gasteiger partial charge is 0.276 e. The number of para-hydroxylation sites is 1. The molecule has 0 fully saturated rings. The van der Waals surface area contributed by atoms with E-state index >= 15 is 0 Å². The van der Waals surface area contributed by atoms with Crippen LogP contribution in [0, 0.1) is 5.82 Å². The predicted octanol–water partition coefficient (Wildman–Crippen LogP) is 5.38. The van der Waals surface area contributed by atoms with E-state index in [1.165, 1.54) is 12.1 Å². The molecule has 0 saturated heterocycles. The summed E-state index contributed by atoms with van der Waals surface area (Å²) in [6.45, 7) is 0. The molecule has 0 radical (unpaired) electrons. The van der Waals surface area contributed by atoms with Gasteiger partial charge < -0.3 is 0 Å². The number of azo groups is 1. The molecule has 0 saturated carbocycles. The average molecular weight is 318 g/mol. The van der Waals surface area contributed by atoms with Crippen molar-refractivity contribution in [2.24, 2.45) is 15.3 Å². The van der Waals surface area contributed by atoms with Crippen LogP contribution < -0.4 is 5.43 Å². The highest BCUT2D eigenvalue weighted by Crippen LogP contribution is 2.14. The van der Waals surface area contributed by atoms with Gasteiger partial charge in [-0.1, -0.05) is 48.5 Å². The predicted molar refractivity (Wildman–Crippen MR) is 94.0 cm³/mol. The minimum Gasteiger partial charge on any atom is -0.276 e. The molecule has 3 rings (SSSR count). The second kappa shape index (κ2) is 7.78. The van der Waals surface area contributed by atoms with Gasteiger partial charge >= 0.3 is 0 Å². The number of halogens is 1. The van der Waals surface area contributed by atoms with Gasteiger partial charge in [0.2, 0.25) is 5.84 Å². The van der Waals surface area contributed by atoms with Crippen molar-refractivity contribution in [3.8, 4) is 0 Å². The van der Waals surface area contributed by atoms with E-state index in [4.69, 9.17) is 0 Å². The lowest BCUT2D eigenvalue weighted by atomic mass is 10.2. The lowest BCUT2D eigenvalue weighted by molar-refractivity contribution is 0.627. The molecule has 0 heterocycles. The number of anilines is 1. The topological polar surface area (TPSA) is 49.1 Å². The number of hydrazone groups is 1. The lowest BCUT2D eigenvalue weighted by Crippen LogP contribution is -2.01. The van der Waals surface area contributed by atoms with Gasteiger partial charge in [-0.2, -0.15) is 5.10 Å². The van der Waals surface area contributed by atoms with Crippen molar-refractivity contribution in [2.75, 3.05) is 5.43 Å². The summed E-state index contributed by atoms with van der Waals surface area (Å²) in [7, 11) is 0. The first-order chi connectivity index (χ1) is 11.8. The molecule has 0 bridgehead atoms. The van der Waals surface area contributed by atoms with Crippen molar-refractivity contribution in [1.29, 1.82) is 0 Å². The number of nitrogens with zero attached hydrogens (tertiary/aromatic N) is 3. The molecule has 0 aromatic heterocycles. The van der Waals surface area contributed by atoms with E-state index in [1.807, 2.05) is 60.7 Å². The number of rotatable bonds is 4. The first-order valence-corrected chi connectivity index (χ1v) is 7.43. The van der Waals surface area contributed by atoms with Crippen LogP contribution in [-0.2, 0) is 0 Å². The summed E-state index contributed by atoms with van der Waals surface area (Å²) in [4.78, 5) is 0. The number of hydrogen-bond donors (Lipinski definition) is 1. The van der Waals surface area contributed by atoms with Crippen LogP contribution in [0.1, 0.15) is 5.56 Å². The molecule has 0 unspecified atom stereocenters. The quantitative estimate of drug-likeness (QED) is 0.298. The SMILES string of the molecule is Fc1cccc(C(N=Nc2ccccc2)=NNc2ccccc2)c1. The van der Waals surface area contributed by atoms with Gasteiger partial charge in [0.25, 0.3) is 0 Å². The molecule has 3 aromatic rings. The van der Waals surface area contributed by atoms with Gasteiger partial charge in [-0.3, -0.25) is 5.43 Å². The van der Waals surface area contributed by atoms with Gasteiger partial charge in [-0.15, -0.1) is 10.2 Å². The number of hydrogen-bond acceptors (Lipinski definition) is 3. The Balaban J connectivity index is 1.90. The smallest absolute Gasteiger partial charge is 0.201 e. The summed E-state index contributed by atoms with van der Waals surface area (Å²) in [5.41, 5.74) is 4.95. The molecular formula is C19H15FN4. The molecule has 3 aromatic carbocycles. The molecule has 0 aliphatic heterocycles. The number of nitrogens with one attached hydrogen (secondary N) is 1. The summed E-state index contributed by atoms with van der Waals surface area (Å²) in [5.74, 6) is -0.0583. The van der Waals surface area contributed by atoms with Crippen LogP contribution in [0.2, 0.25) is 0 Å². The van der Waals surface area contributed by atoms with Crippen molar-refractivity contribution in [3.63, 3.8) is 0 Å². The fourth-order valence-corrected chi connectivity index (χ4v) is 2.00.